The largest absolute Gasteiger partial charge is 0.393 e. The molecule has 1 fully saturated rings. The lowest BCUT2D eigenvalue weighted by molar-refractivity contribution is 0.0949. The number of rotatable bonds is 2. The van der Waals surface area contributed by atoms with Gasteiger partial charge in [-0.2, -0.15) is 0 Å². The highest BCUT2D eigenvalue weighted by molar-refractivity contribution is 5.27. The van der Waals surface area contributed by atoms with Gasteiger partial charge in [0.25, 0.3) is 0 Å². The maximum Gasteiger partial charge on any atom is 0.0573 e. The van der Waals surface area contributed by atoms with E-state index >= 15 is 0 Å². The molecule has 0 atom stereocenters. The summed E-state index contributed by atoms with van der Waals surface area (Å²) in [4.78, 5) is 2.42. The van der Waals surface area contributed by atoms with Crippen LogP contribution in [0.1, 0.15) is 39.5 Å². The van der Waals surface area contributed by atoms with Crippen molar-refractivity contribution in [3.8, 4) is 0 Å². The second kappa shape index (κ2) is 7.38. The molecule has 0 radical (unpaired) electrons. The Bertz CT molecular complexity index is 276. The van der Waals surface area contributed by atoms with Crippen LogP contribution < -0.4 is 5.32 Å². The Labute approximate surface area is 105 Å². The molecule has 2 rings (SSSR count). The second-order valence-electron chi connectivity index (χ2n) is 4.27. The number of nitrogens with zero attached hydrogens (tertiary/aromatic N) is 1. The Morgan fingerprint density at radius 1 is 1.29 bits per heavy atom. The maximum absolute atomic E-state index is 9.48. The minimum absolute atomic E-state index is 0.0842. The van der Waals surface area contributed by atoms with Gasteiger partial charge in [-0.1, -0.05) is 19.9 Å². The van der Waals surface area contributed by atoms with Gasteiger partial charge in [-0.25, -0.2) is 0 Å². The Morgan fingerprint density at radius 3 is 2.53 bits per heavy atom. The van der Waals surface area contributed by atoms with Gasteiger partial charge >= 0.3 is 0 Å². The number of aliphatic hydroxyl groups is 1. The molecular formula is C14H26N2O. The lowest BCUT2D eigenvalue weighted by Crippen LogP contribution is -2.37. The fraction of sp³-hybridized carbons (Fsp3) is 0.714. The number of allylic oxidation sites excluding steroid dienone is 3. The van der Waals surface area contributed by atoms with Crippen LogP contribution in [0.2, 0.25) is 0 Å². The van der Waals surface area contributed by atoms with Crippen LogP contribution in [0.25, 0.3) is 0 Å². The van der Waals surface area contributed by atoms with Crippen molar-refractivity contribution < 1.29 is 5.11 Å². The molecule has 0 aromatic carbocycles. The van der Waals surface area contributed by atoms with Crippen LogP contribution in [0.15, 0.2) is 23.5 Å². The summed E-state index contributed by atoms with van der Waals surface area (Å²) >= 11 is 0. The summed E-state index contributed by atoms with van der Waals surface area (Å²) in [6.45, 7) is 5.99. The van der Waals surface area contributed by atoms with Crippen molar-refractivity contribution in [2.75, 3.05) is 20.1 Å². The van der Waals surface area contributed by atoms with E-state index in [4.69, 9.17) is 0 Å². The van der Waals surface area contributed by atoms with E-state index in [0.717, 1.165) is 38.8 Å². The van der Waals surface area contributed by atoms with E-state index in [-0.39, 0.29) is 6.10 Å². The monoisotopic (exact) mass is 238 g/mol. The molecule has 98 valence electrons. The van der Waals surface area contributed by atoms with Crippen molar-refractivity contribution in [1.29, 1.82) is 0 Å². The van der Waals surface area contributed by atoms with Crippen LogP contribution in [-0.2, 0) is 0 Å². The molecule has 0 spiro atoms. The first-order chi connectivity index (χ1) is 8.31. The summed E-state index contributed by atoms with van der Waals surface area (Å²) in [5.41, 5.74) is 2.67. The van der Waals surface area contributed by atoms with Crippen LogP contribution in [-0.4, -0.2) is 36.2 Å². The Hall–Kier alpha value is -0.960. The normalized spacial score (nSPS) is 21.1. The number of likely N-dealkylation sites (N-methyl/N-ethyl adjacent to an activating group) is 1. The molecule has 1 aliphatic carbocycles. The van der Waals surface area contributed by atoms with Crippen LogP contribution in [0, 0.1) is 0 Å². The zero-order valence-corrected chi connectivity index (χ0v) is 11.4. The average molecular weight is 238 g/mol. The minimum atomic E-state index is -0.0842. The van der Waals surface area contributed by atoms with Gasteiger partial charge in [0.2, 0.25) is 0 Å². The first kappa shape index (κ1) is 14.1. The van der Waals surface area contributed by atoms with Crippen molar-refractivity contribution in [1.82, 2.24) is 10.2 Å². The zero-order chi connectivity index (χ0) is 12.7. The van der Waals surface area contributed by atoms with Crippen molar-refractivity contribution in [3.63, 3.8) is 0 Å². The van der Waals surface area contributed by atoms with Crippen molar-refractivity contribution in [2.24, 2.45) is 0 Å². The summed E-state index contributed by atoms with van der Waals surface area (Å²) in [7, 11) is 1.98. The molecule has 2 aliphatic rings. The van der Waals surface area contributed by atoms with Crippen molar-refractivity contribution >= 4 is 0 Å². The van der Waals surface area contributed by atoms with E-state index in [9.17, 15) is 5.11 Å². The number of nitrogens with one attached hydrogen (secondary N) is 1. The van der Waals surface area contributed by atoms with Gasteiger partial charge < -0.3 is 15.3 Å². The molecule has 0 aromatic rings. The van der Waals surface area contributed by atoms with Crippen molar-refractivity contribution in [3.05, 3.63) is 23.5 Å². The van der Waals surface area contributed by atoms with Gasteiger partial charge in [-0.05, 0) is 31.8 Å². The summed E-state index contributed by atoms with van der Waals surface area (Å²) < 4.78 is 0. The molecule has 0 unspecified atom stereocenters. The number of piperidine rings is 1. The molecule has 0 saturated carbocycles. The van der Waals surface area contributed by atoms with E-state index in [1.54, 1.807) is 0 Å². The predicted octanol–water partition coefficient (Wildman–Crippen LogP) is 2.25. The predicted molar refractivity (Wildman–Crippen MR) is 72.6 cm³/mol. The smallest absolute Gasteiger partial charge is 0.0573 e. The van der Waals surface area contributed by atoms with E-state index < -0.39 is 0 Å². The highest BCUT2D eigenvalue weighted by atomic mass is 16.3. The molecule has 0 aromatic heterocycles. The summed E-state index contributed by atoms with van der Waals surface area (Å²) in [5, 5.41) is 12.7. The van der Waals surface area contributed by atoms with E-state index in [1.165, 1.54) is 11.4 Å². The van der Waals surface area contributed by atoms with Gasteiger partial charge in [-0.3, -0.25) is 0 Å². The third kappa shape index (κ3) is 3.77. The molecule has 1 heterocycles. The Morgan fingerprint density at radius 2 is 1.94 bits per heavy atom. The SMILES string of the molecule is CC.CNC1=C(N2CCC(O)CC2)CCC=C1. The number of hydrogen-bond acceptors (Lipinski definition) is 3. The van der Waals surface area contributed by atoms with Crippen LogP contribution in [0.3, 0.4) is 0 Å². The lowest BCUT2D eigenvalue weighted by Gasteiger charge is -2.35. The van der Waals surface area contributed by atoms with Crippen LogP contribution in [0.4, 0.5) is 0 Å². The number of aliphatic hydroxyl groups excluding tert-OH is 1. The molecule has 1 saturated heterocycles. The quantitative estimate of drug-likeness (QED) is 0.774. The summed E-state index contributed by atoms with van der Waals surface area (Å²) in [6.07, 6.45) is 8.38. The maximum atomic E-state index is 9.48. The fourth-order valence-electron chi connectivity index (χ4n) is 2.34. The first-order valence-electron chi connectivity index (χ1n) is 6.81. The standard InChI is InChI=1S/C12H20N2O.C2H6/c1-13-11-4-2-3-5-12(11)14-8-6-10(15)7-9-14;1-2/h2,4,10,13,15H,3,5-9H2,1H3;1-2H3. The molecule has 3 nitrogen and oxygen atoms in total. The third-order valence-electron chi connectivity index (χ3n) is 3.26. The zero-order valence-electron chi connectivity index (χ0n) is 11.4. The lowest BCUT2D eigenvalue weighted by atomic mass is 10.0. The van der Waals surface area contributed by atoms with Gasteiger partial charge in [0, 0.05) is 25.8 Å². The van der Waals surface area contributed by atoms with Gasteiger partial charge in [-0.15, -0.1) is 0 Å². The average Bonchev–Trinajstić information content (AvgIpc) is 2.42. The topological polar surface area (TPSA) is 35.5 Å². The number of hydrogen-bond donors (Lipinski definition) is 2. The summed E-state index contributed by atoms with van der Waals surface area (Å²) in [6, 6.07) is 0. The van der Waals surface area contributed by atoms with E-state index in [2.05, 4.69) is 22.4 Å². The fourth-order valence-corrected chi connectivity index (χ4v) is 2.34. The molecule has 0 bridgehead atoms. The third-order valence-corrected chi connectivity index (χ3v) is 3.26. The molecule has 1 aliphatic heterocycles. The van der Waals surface area contributed by atoms with Gasteiger partial charge in [0.1, 0.15) is 0 Å². The van der Waals surface area contributed by atoms with Gasteiger partial charge in [0.15, 0.2) is 0 Å². The van der Waals surface area contributed by atoms with E-state index in [1.807, 2.05) is 20.9 Å². The summed E-state index contributed by atoms with van der Waals surface area (Å²) in [5.74, 6) is 0. The van der Waals surface area contributed by atoms with Crippen LogP contribution >= 0.6 is 0 Å². The molecule has 2 N–H and O–H groups in total. The molecule has 0 amide bonds. The first-order valence-corrected chi connectivity index (χ1v) is 6.81. The Kier molecular flexibility index (Phi) is 6.12. The van der Waals surface area contributed by atoms with Crippen molar-refractivity contribution in [2.45, 2.75) is 45.6 Å². The van der Waals surface area contributed by atoms with E-state index in [0.29, 0.717) is 0 Å². The van der Waals surface area contributed by atoms with Crippen LogP contribution in [0.5, 0.6) is 0 Å². The molecular weight excluding hydrogens is 212 g/mol. The molecule has 17 heavy (non-hydrogen) atoms. The second-order valence-corrected chi connectivity index (χ2v) is 4.27. The Balaban J connectivity index is 0.000000686. The number of likely N-dealkylation sites (tertiary alicyclic amines) is 1. The molecule has 3 heteroatoms. The highest BCUT2D eigenvalue weighted by Gasteiger charge is 2.21. The van der Waals surface area contributed by atoms with Gasteiger partial charge in [0.05, 0.1) is 11.8 Å². The minimum Gasteiger partial charge on any atom is -0.393 e. The highest BCUT2D eigenvalue weighted by Crippen LogP contribution is 2.24.